The predicted molar refractivity (Wildman–Crippen MR) is 97.6 cm³/mol. The molecule has 1 heterocycles. The highest BCUT2D eigenvalue weighted by atomic mass is 35.5. The lowest BCUT2D eigenvalue weighted by Gasteiger charge is -2.35. The van der Waals surface area contributed by atoms with Crippen molar-refractivity contribution in [2.24, 2.45) is 0 Å². The van der Waals surface area contributed by atoms with Gasteiger partial charge in [0, 0.05) is 32.2 Å². The Morgan fingerprint density at radius 3 is 2.38 bits per heavy atom. The van der Waals surface area contributed by atoms with E-state index in [1.807, 2.05) is 6.92 Å². The molecule has 0 bridgehead atoms. The van der Waals surface area contributed by atoms with Gasteiger partial charge in [0.05, 0.1) is 10.6 Å². The fraction of sp³-hybridized carbons (Fsp3) is 0.500. The number of alkyl halides is 3. The molecule has 1 aliphatic rings. The van der Waals surface area contributed by atoms with Gasteiger partial charge in [-0.3, -0.25) is 4.90 Å². The second-order valence-corrected chi connectivity index (χ2v) is 6.11. The number of rotatable bonds is 4. The zero-order chi connectivity index (χ0) is 16.3. The van der Waals surface area contributed by atoms with Crippen LogP contribution < -0.4 is 5.32 Å². The molecule has 1 saturated heterocycles. The number of nitrogens with zero attached hydrogens (tertiary/aromatic N) is 1. The van der Waals surface area contributed by atoms with Crippen molar-refractivity contribution in [3.63, 3.8) is 0 Å². The van der Waals surface area contributed by atoms with E-state index in [2.05, 4.69) is 16.8 Å². The zero-order valence-corrected chi connectivity index (χ0v) is 15.7. The van der Waals surface area contributed by atoms with Crippen molar-refractivity contribution in [2.75, 3.05) is 26.2 Å². The topological polar surface area (TPSA) is 15.3 Å². The lowest BCUT2D eigenvalue weighted by atomic mass is 9.96. The molecule has 0 aliphatic carbocycles. The van der Waals surface area contributed by atoms with Crippen LogP contribution in [-0.2, 0) is 6.18 Å². The van der Waals surface area contributed by atoms with Gasteiger partial charge in [-0.25, -0.2) is 0 Å². The summed E-state index contributed by atoms with van der Waals surface area (Å²) in [6.45, 7) is 9.11. The van der Waals surface area contributed by atoms with Crippen LogP contribution in [0.4, 0.5) is 13.2 Å². The minimum Gasteiger partial charge on any atom is -0.314 e. The van der Waals surface area contributed by atoms with Crippen LogP contribution in [0, 0.1) is 0 Å². The Bertz CT molecular complexity index is 544. The van der Waals surface area contributed by atoms with Crippen LogP contribution in [0.2, 0.25) is 5.02 Å². The van der Waals surface area contributed by atoms with Crippen LogP contribution in [0.5, 0.6) is 0 Å². The molecule has 8 heteroatoms. The van der Waals surface area contributed by atoms with E-state index in [9.17, 15) is 13.2 Å². The molecular weight excluding hydrogens is 384 g/mol. The minimum absolute atomic E-state index is 0. The molecule has 2 nitrogen and oxygen atoms in total. The molecule has 0 spiro atoms. The monoisotopic (exact) mass is 404 g/mol. The fourth-order valence-corrected chi connectivity index (χ4v) is 2.97. The van der Waals surface area contributed by atoms with Crippen LogP contribution in [0.15, 0.2) is 30.4 Å². The van der Waals surface area contributed by atoms with Gasteiger partial charge in [0.2, 0.25) is 0 Å². The lowest BCUT2D eigenvalue weighted by Crippen LogP contribution is -2.45. The van der Waals surface area contributed by atoms with Gasteiger partial charge in [0.25, 0.3) is 0 Å². The Labute approximate surface area is 158 Å². The van der Waals surface area contributed by atoms with Crippen LogP contribution in [0.25, 0.3) is 0 Å². The zero-order valence-electron chi connectivity index (χ0n) is 13.3. The van der Waals surface area contributed by atoms with Crippen molar-refractivity contribution >= 4 is 36.4 Å². The molecule has 1 atom stereocenters. The van der Waals surface area contributed by atoms with Gasteiger partial charge in [-0.05, 0) is 31.0 Å². The van der Waals surface area contributed by atoms with E-state index >= 15 is 0 Å². The van der Waals surface area contributed by atoms with Gasteiger partial charge in [-0.2, -0.15) is 13.2 Å². The van der Waals surface area contributed by atoms with Crippen molar-refractivity contribution in [1.29, 1.82) is 0 Å². The Hall–Kier alpha value is -0.460. The summed E-state index contributed by atoms with van der Waals surface area (Å²) < 4.78 is 39.2. The summed E-state index contributed by atoms with van der Waals surface area (Å²) in [5.74, 6) is 0. The molecule has 0 radical (unpaired) electrons. The fourth-order valence-electron chi connectivity index (χ4n) is 2.75. The van der Waals surface area contributed by atoms with E-state index in [0.29, 0.717) is 12.0 Å². The summed E-state index contributed by atoms with van der Waals surface area (Å²) in [7, 11) is 0. The molecule has 1 aromatic carbocycles. The average Bonchev–Trinajstić information content (AvgIpc) is 2.45. The number of nitrogens with one attached hydrogen (secondary N) is 1. The first kappa shape index (κ1) is 23.5. The summed E-state index contributed by atoms with van der Waals surface area (Å²) in [4.78, 5) is 2.20. The van der Waals surface area contributed by atoms with Crippen LogP contribution >= 0.6 is 36.4 Å². The summed E-state index contributed by atoms with van der Waals surface area (Å²) >= 11 is 5.72. The van der Waals surface area contributed by atoms with Gasteiger partial charge in [0.15, 0.2) is 0 Å². The molecule has 138 valence electrons. The molecule has 2 rings (SSSR count). The number of piperazine rings is 1. The Balaban J connectivity index is 0.00000264. The normalized spacial score (nSPS) is 16.7. The first-order valence-corrected chi connectivity index (χ1v) is 7.62. The quantitative estimate of drug-likeness (QED) is 0.700. The molecule has 1 N–H and O–H groups in total. The Morgan fingerprint density at radius 2 is 1.88 bits per heavy atom. The molecule has 1 aromatic rings. The first-order chi connectivity index (χ1) is 10.3. The van der Waals surface area contributed by atoms with Gasteiger partial charge < -0.3 is 5.32 Å². The maximum absolute atomic E-state index is 13.1. The summed E-state index contributed by atoms with van der Waals surface area (Å²) in [5, 5.41) is 3.00. The second kappa shape index (κ2) is 9.88. The highest BCUT2D eigenvalue weighted by Gasteiger charge is 2.34. The summed E-state index contributed by atoms with van der Waals surface area (Å²) in [6, 6.07) is 4.11. The third-order valence-corrected chi connectivity index (χ3v) is 4.14. The second-order valence-electron chi connectivity index (χ2n) is 5.70. The van der Waals surface area contributed by atoms with Gasteiger partial charge in [0.1, 0.15) is 0 Å². The number of hydrogen-bond donors (Lipinski definition) is 1. The molecule has 0 unspecified atom stereocenters. The number of halogens is 6. The van der Waals surface area contributed by atoms with Crippen LogP contribution in [0.3, 0.4) is 0 Å². The lowest BCUT2D eigenvalue weighted by molar-refractivity contribution is -0.137. The van der Waals surface area contributed by atoms with Crippen molar-refractivity contribution in [1.82, 2.24) is 10.2 Å². The summed E-state index contributed by atoms with van der Waals surface area (Å²) in [6.07, 6.45) is -3.80. The van der Waals surface area contributed by atoms with E-state index in [1.165, 1.54) is 12.1 Å². The third-order valence-electron chi connectivity index (χ3n) is 3.81. The summed E-state index contributed by atoms with van der Waals surface area (Å²) in [5.41, 5.74) is 0.821. The van der Waals surface area contributed by atoms with Crippen molar-refractivity contribution in [3.8, 4) is 0 Å². The molecule has 0 aromatic heterocycles. The van der Waals surface area contributed by atoms with Crippen molar-refractivity contribution < 1.29 is 13.2 Å². The maximum atomic E-state index is 13.1. The molecule has 0 saturated carbocycles. The van der Waals surface area contributed by atoms with Gasteiger partial charge in [-0.1, -0.05) is 23.2 Å². The van der Waals surface area contributed by atoms with Crippen LogP contribution in [-0.4, -0.2) is 31.1 Å². The smallest absolute Gasteiger partial charge is 0.314 e. The third kappa shape index (κ3) is 6.12. The van der Waals surface area contributed by atoms with Crippen molar-refractivity contribution in [3.05, 3.63) is 46.5 Å². The van der Waals surface area contributed by atoms with Gasteiger partial charge >= 0.3 is 6.18 Å². The van der Waals surface area contributed by atoms with E-state index in [4.69, 9.17) is 11.6 Å². The maximum Gasteiger partial charge on any atom is 0.417 e. The minimum atomic E-state index is -4.44. The number of hydrogen-bond acceptors (Lipinski definition) is 2. The number of benzene rings is 1. The Morgan fingerprint density at radius 1 is 1.29 bits per heavy atom. The largest absolute Gasteiger partial charge is 0.417 e. The molecule has 0 amide bonds. The average molecular weight is 406 g/mol. The van der Waals surface area contributed by atoms with E-state index < -0.39 is 11.7 Å². The van der Waals surface area contributed by atoms with E-state index in [-0.39, 0.29) is 35.9 Å². The van der Waals surface area contributed by atoms with E-state index in [1.54, 1.807) is 6.07 Å². The van der Waals surface area contributed by atoms with Gasteiger partial charge in [-0.15, -0.1) is 31.4 Å². The standard InChI is InChI=1S/C16H20ClF3N2.2ClH/c1-11(2)9-15(22-7-5-21-6-8-22)12-3-4-14(17)13(10-12)16(18,19)20;;/h3-4,10,15,21H,1,5-9H2,2H3;2*1H/t15-;;/m0../s1. The first-order valence-electron chi connectivity index (χ1n) is 7.25. The molecule has 1 aliphatic heterocycles. The molecular formula is C16H22Cl3F3N2. The highest BCUT2D eigenvalue weighted by molar-refractivity contribution is 6.31. The molecule has 24 heavy (non-hydrogen) atoms. The Kier molecular flexibility index (Phi) is 9.69. The highest BCUT2D eigenvalue weighted by Crippen LogP contribution is 2.38. The predicted octanol–water partition coefficient (Wildman–Crippen LogP) is 5.11. The van der Waals surface area contributed by atoms with Crippen molar-refractivity contribution in [2.45, 2.75) is 25.6 Å². The van der Waals surface area contributed by atoms with Crippen LogP contribution in [0.1, 0.15) is 30.5 Å². The van der Waals surface area contributed by atoms with E-state index in [0.717, 1.165) is 31.8 Å². The molecule has 1 fully saturated rings. The SMILES string of the molecule is C=C(C)C[C@@H](c1ccc(Cl)c(C(F)(F)F)c1)N1CCNCC1.Cl.Cl.